The summed E-state index contributed by atoms with van der Waals surface area (Å²) < 4.78 is 56.0. The van der Waals surface area contributed by atoms with Crippen LogP contribution in [0, 0.1) is 0 Å². The van der Waals surface area contributed by atoms with Crippen LogP contribution in [0.25, 0.3) is 10.8 Å². The Kier molecular flexibility index (Phi) is 7.82. The fourth-order valence-corrected chi connectivity index (χ4v) is 3.32. The molecule has 9 nitrogen and oxygen atoms in total. The second-order valence-electron chi connectivity index (χ2n) is 7.41. The summed E-state index contributed by atoms with van der Waals surface area (Å²) in [5.41, 5.74) is 0.474. The molecule has 12 heteroatoms. The molecule has 2 heterocycles. The van der Waals surface area contributed by atoms with Crippen molar-refractivity contribution in [2.45, 2.75) is 32.2 Å². The Balaban J connectivity index is 2.10. The van der Waals surface area contributed by atoms with E-state index >= 15 is 0 Å². The highest BCUT2D eigenvalue weighted by Crippen LogP contribution is 2.39. The van der Waals surface area contributed by atoms with Crippen LogP contribution >= 0.6 is 0 Å². The molecule has 0 radical (unpaired) electrons. The number of hydrogen-bond acceptors (Lipinski definition) is 9. The maximum absolute atomic E-state index is 13.3. The number of aromatic nitrogens is 1. The van der Waals surface area contributed by atoms with Crippen molar-refractivity contribution in [3.63, 3.8) is 0 Å². The van der Waals surface area contributed by atoms with Crippen molar-refractivity contribution in [2.75, 3.05) is 45.2 Å². The molecule has 2 aromatic rings. The Morgan fingerprint density at radius 2 is 1.97 bits per heavy atom. The molecule has 1 unspecified atom stereocenters. The van der Waals surface area contributed by atoms with E-state index < -0.39 is 18.4 Å². The topological polar surface area (TPSA) is 99.9 Å². The first-order chi connectivity index (χ1) is 15.7. The third-order valence-electron chi connectivity index (χ3n) is 5.10. The number of aliphatic hydroxyl groups excluding tert-OH is 2. The number of hydrogen-bond donors (Lipinski definition) is 2. The summed E-state index contributed by atoms with van der Waals surface area (Å²) in [6, 6.07) is 4.77. The van der Waals surface area contributed by atoms with Gasteiger partial charge in [-0.15, -0.1) is 0 Å². The first kappa shape index (κ1) is 24.8. The van der Waals surface area contributed by atoms with Crippen LogP contribution in [0.2, 0.25) is 0 Å². The zero-order chi connectivity index (χ0) is 24.2. The molecule has 2 atom stereocenters. The van der Waals surface area contributed by atoms with E-state index in [4.69, 9.17) is 14.2 Å². The van der Waals surface area contributed by atoms with Crippen LogP contribution in [0.15, 0.2) is 29.5 Å². The van der Waals surface area contributed by atoms with Crippen molar-refractivity contribution in [1.82, 2.24) is 9.88 Å². The molecule has 1 aromatic carbocycles. The van der Waals surface area contributed by atoms with E-state index in [0.717, 1.165) is 6.92 Å². The Labute approximate surface area is 189 Å². The van der Waals surface area contributed by atoms with Crippen molar-refractivity contribution in [1.29, 1.82) is 0 Å². The molecule has 182 valence electrons. The number of anilines is 1. The minimum Gasteiger partial charge on any atom is -0.480 e. The van der Waals surface area contributed by atoms with Gasteiger partial charge in [0.15, 0.2) is 11.9 Å². The lowest BCUT2D eigenvalue weighted by Gasteiger charge is -2.23. The van der Waals surface area contributed by atoms with Gasteiger partial charge in [-0.2, -0.15) is 18.3 Å². The summed E-state index contributed by atoms with van der Waals surface area (Å²) in [5, 5.41) is 25.8. The highest BCUT2D eigenvalue weighted by Gasteiger charge is 2.38. The zero-order valence-corrected chi connectivity index (χ0v) is 18.5. The number of nitrogens with zero attached hydrogens (tertiary/aromatic N) is 4. The molecular formula is C21H27F3N4O5. The van der Waals surface area contributed by atoms with E-state index in [1.54, 1.807) is 17.1 Å². The first-order valence-corrected chi connectivity index (χ1v) is 10.3. The molecular weight excluding hydrogens is 445 g/mol. The maximum atomic E-state index is 13.3. The molecule has 2 N–H and O–H groups in total. The lowest BCUT2D eigenvalue weighted by molar-refractivity contribution is -0.189. The van der Waals surface area contributed by atoms with Gasteiger partial charge >= 0.3 is 6.18 Å². The molecule has 1 aliphatic heterocycles. The monoisotopic (exact) mass is 472 g/mol. The molecule has 0 bridgehead atoms. The zero-order valence-electron chi connectivity index (χ0n) is 18.5. The summed E-state index contributed by atoms with van der Waals surface area (Å²) in [6.07, 6.45) is -6.01. The standard InChI is InChI=1S/C21H27F3N4O5/c1-4-27-12-28(26-18(27)10-30)15-7-14-5-6-25-20(33-16(9-29)11-31-3)19(14)17(8-15)32-13(2)21(22,23)24/h5-8,13,16,29-30H,4,9-12H2,1-3H3/t13-,16?/m0/s1. The fourth-order valence-electron chi connectivity index (χ4n) is 3.32. The van der Waals surface area contributed by atoms with Crippen LogP contribution in [0.3, 0.4) is 0 Å². The largest absolute Gasteiger partial charge is 0.480 e. The molecule has 1 aromatic heterocycles. The number of aliphatic hydroxyl groups is 2. The lowest BCUT2D eigenvalue weighted by Crippen LogP contribution is -2.32. The number of halogens is 3. The Bertz CT molecular complexity index is 988. The number of amidine groups is 1. The van der Waals surface area contributed by atoms with Gasteiger partial charge in [-0.25, -0.2) is 9.99 Å². The van der Waals surface area contributed by atoms with Crippen LogP contribution in [-0.4, -0.2) is 84.5 Å². The Morgan fingerprint density at radius 1 is 1.21 bits per heavy atom. The lowest BCUT2D eigenvalue weighted by atomic mass is 10.1. The van der Waals surface area contributed by atoms with Crippen molar-refractivity contribution in [3.05, 3.63) is 24.4 Å². The number of benzene rings is 1. The predicted octanol–water partition coefficient (Wildman–Crippen LogP) is 2.36. The Morgan fingerprint density at radius 3 is 2.55 bits per heavy atom. The van der Waals surface area contributed by atoms with Gasteiger partial charge in [0.1, 0.15) is 25.1 Å². The van der Waals surface area contributed by atoms with Crippen LogP contribution in [0.1, 0.15) is 13.8 Å². The number of pyridine rings is 1. The van der Waals surface area contributed by atoms with Crippen molar-refractivity contribution in [2.24, 2.45) is 5.10 Å². The van der Waals surface area contributed by atoms with E-state index in [-0.39, 0.29) is 36.8 Å². The minimum atomic E-state index is -4.59. The van der Waals surface area contributed by atoms with E-state index in [0.29, 0.717) is 30.1 Å². The van der Waals surface area contributed by atoms with Gasteiger partial charge in [0, 0.05) is 25.9 Å². The number of methoxy groups -OCH3 is 1. The van der Waals surface area contributed by atoms with Crippen LogP contribution in [-0.2, 0) is 4.74 Å². The number of ether oxygens (including phenoxy) is 3. The molecule has 3 rings (SSSR count). The number of rotatable bonds is 10. The summed E-state index contributed by atoms with van der Waals surface area (Å²) in [6.45, 7) is 3.15. The van der Waals surface area contributed by atoms with Gasteiger partial charge in [0.2, 0.25) is 5.88 Å². The van der Waals surface area contributed by atoms with Crippen molar-refractivity contribution >= 4 is 22.3 Å². The number of likely N-dealkylation sites (N-methyl/N-ethyl adjacent to an activating group) is 1. The first-order valence-electron chi connectivity index (χ1n) is 10.3. The van der Waals surface area contributed by atoms with Crippen molar-refractivity contribution in [3.8, 4) is 11.6 Å². The minimum absolute atomic E-state index is 0.00989. The third kappa shape index (κ3) is 5.57. The molecule has 0 saturated heterocycles. The summed E-state index contributed by atoms with van der Waals surface area (Å²) in [7, 11) is 1.44. The molecule has 0 fully saturated rings. The van der Waals surface area contributed by atoms with Gasteiger partial charge in [0.25, 0.3) is 0 Å². The van der Waals surface area contributed by atoms with Gasteiger partial charge in [-0.1, -0.05) is 0 Å². The Hall–Kier alpha value is -2.83. The quantitative estimate of drug-likeness (QED) is 0.544. The van der Waals surface area contributed by atoms with Crippen LogP contribution < -0.4 is 14.5 Å². The van der Waals surface area contributed by atoms with Gasteiger partial charge in [-0.3, -0.25) is 0 Å². The predicted molar refractivity (Wildman–Crippen MR) is 116 cm³/mol. The smallest absolute Gasteiger partial charge is 0.425 e. The van der Waals surface area contributed by atoms with E-state index in [1.807, 2.05) is 11.8 Å². The van der Waals surface area contributed by atoms with Gasteiger partial charge in [0.05, 0.1) is 24.3 Å². The SMILES string of the molecule is CCN1CN(c2cc(O[C@@H](C)C(F)(F)F)c3c(OC(CO)COC)nccc3c2)N=C1CO. The molecule has 0 spiro atoms. The second-order valence-corrected chi connectivity index (χ2v) is 7.41. The van der Waals surface area contributed by atoms with Gasteiger partial charge in [-0.05, 0) is 31.4 Å². The third-order valence-corrected chi connectivity index (χ3v) is 5.10. The molecule has 0 amide bonds. The van der Waals surface area contributed by atoms with Gasteiger partial charge < -0.3 is 29.3 Å². The molecule has 0 saturated carbocycles. The maximum Gasteiger partial charge on any atom is 0.425 e. The van der Waals surface area contributed by atoms with E-state index in [1.165, 1.54) is 19.4 Å². The number of alkyl halides is 3. The summed E-state index contributed by atoms with van der Waals surface area (Å²) >= 11 is 0. The normalized spacial score (nSPS) is 16.2. The van der Waals surface area contributed by atoms with Crippen LogP contribution in [0.5, 0.6) is 11.6 Å². The highest BCUT2D eigenvalue weighted by atomic mass is 19.4. The van der Waals surface area contributed by atoms with Crippen molar-refractivity contribution < 1.29 is 37.6 Å². The average molecular weight is 472 g/mol. The van der Waals surface area contributed by atoms with E-state index in [9.17, 15) is 23.4 Å². The summed E-state index contributed by atoms with van der Waals surface area (Å²) in [4.78, 5) is 5.99. The molecule has 1 aliphatic rings. The number of hydrazone groups is 1. The summed E-state index contributed by atoms with van der Waals surface area (Å²) in [5.74, 6) is 0.365. The van der Waals surface area contributed by atoms with E-state index in [2.05, 4.69) is 10.1 Å². The average Bonchev–Trinajstić information content (AvgIpc) is 3.21. The second kappa shape index (κ2) is 10.4. The number of fused-ring (bicyclic) bond motifs is 1. The molecule has 0 aliphatic carbocycles. The van der Waals surface area contributed by atoms with Crippen LogP contribution in [0.4, 0.5) is 18.9 Å². The molecule has 33 heavy (non-hydrogen) atoms. The highest BCUT2D eigenvalue weighted by molar-refractivity contribution is 5.96. The fraction of sp³-hybridized carbons (Fsp3) is 0.524.